The lowest BCUT2D eigenvalue weighted by Crippen LogP contribution is -2.33. The zero-order chi connectivity index (χ0) is 23.1. The van der Waals surface area contributed by atoms with Crippen molar-refractivity contribution in [1.82, 2.24) is 15.1 Å². The fourth-order valence-corrected chi connectivity index (χ4v) is 3.13. The minimum Gasteiger partial charge on any atom is -0.452 e. The third-order valence-electron chi connectivity index (χ3n) is 4.91. The number of imide groups is 1. The highest BCUT2D eigenvalue weighted by molar-refractivity contribution is 6.05. The van der Waals surface area contributed by atoms with E-state index in [4.69, 9.17) is 4.74 Å². The van der Waals surface area contributed by atoms with Gasteiger partial charge in [0, 0.05) is 22.9 Å². The third kappa shape index (κ3) is 6.01. The van der Waals surface area contributed by atoms with E-state index in [2.05, 4.69) is 34.7 Å². The fraction of sp³-hybridized carbons (Fsp3) is 0.200. The Balaban J connectivity index is 1.54. The molecular formula is C25H25N3O4. The average Bonchev–Trinajstić information content (AvgIpc) is 3.05. The van der Waals surface area contributed by atoms with Gasteiger partial charge in [-0.05, 0) is 44.5 Å². The standard InChI is InChI=1S/C25H25N3O4/c1-17-9-11-20(12-10-17)15-28-19(3)22(18(2)27-28)13-14-24(30)32-16-23(29)26-25(31)21-7-5-4-6-8-21/h4-14H,15-16H2,1-3H3,(H,26,29,31)/b14-13+. The molecule has 164 valence electrons. The van der Waals surface area contributed by atoms with Gasteiger partial charge in [-0.25, -0.2) is 4.79 Å². The maximum Gasteiger partial charge on any atom is 0.331 e. The Morgan fingerprint density at radius 3 is 2.38 bits per heavy atom. The number of carbonyl (C=O) groups excluding carboxylic acids is 3. The molecule has 3 rings (SSSR count). The molecule has 2 amide bonds. The predicted molar refractivity (Wildman–Crippen MR) is 121 cm³/mol. The van der Waals surface area contributed by atoms with Crippen LogP contribution in [-0.4, -0.2) is 34.2 Å². The van der Waals surface area contributed by atoms with Gasteiger partial charge in [0.05, 0.1) is 12.2 Å². The van der Waals surface area contributed by atoms with Crippen molar-refractivity contribution >= 4 is 23.9 Å². The molecule has 1 heterocycles. The van der Waals surface area contributed by atoms with Crippen molar-refractivity contribution in [3.8, 4) is 0 Å². The molecule has 7 nitrogen and oxygen atoms in total. The van der Waals surface area contributed by atoms with Crippen molar-refractivity contribution in [3.63, 3.8) is 0 Å². The third-order valence-corrected chi connectivity index (χ3v) is 4.91. The Morgan fingerprint density at radius 2 is 1.69 bits per heavy atom. The van der Waals surface area contributed by atoms with Crippen molar-refractivity contribution in [2.45, 2.75) is 27.3 Å². The van der Waals surface area contributed by atoms with E-state index in [1.165, 1.54) is 11.6 Å². The molecule has 0 unspecified atom stereocenters. The smallest absolute Gasteiger partial charge is 0.331 e. The number of nitrogens with zero attached hydrogens (tertiary/aromatic N) is 2. The molecule has 0 aliphatic heterocycles. The summed E-state index contributed by atoms with van der Waals surface area (Å²) in [6.07, 6.45) is 2.87. The van der Waals surface area contributed by atoms with Crippen LogP contribution in [0, 0.1) is 20.8 Å². The zero-order valence-electron chi connectivity index (χ0n) is 18.3. The first-order chi connectivity index (χ1) is 15.3. The first kappa shape index (κ1) is 22.7. The van der Waals surface area contributed by atoms with Gasteiger partial charge < -0.3 is 4.74 Å². The molecule has 0 atom stereocenters. The summed E-state index contributed by atoms with van der Waals surface area (Å²) in [5, 5.41) is 6.73. The van der Waals surface area contributed by atoms with Crippen LogP contribution < -0.4 is 5.32 Å². The molecule has 0 saturated heterocycles. The van der Waals surface area contributed by atoms with Gasteiger partial charge in [0.2, 0.25) is 0 Å². The monoisotopic (exact) mass is 431 g/mol. The lowest BCUT2D eigenvalue weighted by atomic mass is 10.1. The maximum absolute atomic E-state index is 12.0. The lowest BCUT2D eigenvalue weighted by molar-refractivity contribution is -0.143. The van der Waals surface area contributed by atoms with E-state index >= 15 is 0 Å². The minimum atomic E-state index is -0.695. The Kier molecular flexibility index (Phi) is 7.33. The summed E-state index contributed by atoms with van der Waals surface area (Å²) in [4.78, 5) is 35.8. The first-order valence-electron chi connectivity index (χ1n) is 10.2. The number of rotatable bonds is 7. The second kappa shape index (κ2) is 10.3. The number of aryl methyl sites for hydroxylation is 2. The van der Waals surface area contributed by atoms with Crippen molar-refractivity contribution < 1.29 is 19.1 Å². The molecule has 7 heteroatoms. The van der Waals surface area contributed by atoms with Crippen molar-refractivity contribution in [2.75, 3.05) is 6.61 Å². The number of ether oxygens (including phenoxy) is 1. The highest BCUT2D eigenvalue weighted by Gasteiger charge is 2.13. The summed E-state index contributed by atoms with van der Waals surface area (Å²) in [5.41, 5.74) is 5.19. The fourth-order valence-electron chi connectivity index (χ4n) is 3.13. The van der Waals surface area contributed by atoms with Crippen molar-refractivity contribution in [1.29, 1.82) is 0 Å². The van der Waals surface area contributed by atoms with E-state index in [-0.39, 0.29) is 0 Å². The van der Waals surface area contributed by atoms with Gasteiger partial charge in [-0.15, -0.1) is 0 Å². The van der Waals surface area contributed by atoms with Gasteiger partial charge >= 0.3 is 5.97 Å². The largest absolute Gasteiger partial charge is 0.452 e. The first-order valence-corrected chi connectivity index (χ1v) is 10.2. The van der Waals surface area contributed by atoms with Gasteiger partial charge in [0.1, 0.15) is 0 Å². The molecule has 0 saturated carbocycles. The molecule has 0 aliphatic carbocycles. The molecule has 1 N–H and O–H groups in total. The van der Waals surface area contributed by atoms with Crippen LogP contribution in [0.4, 0.5) is 0 Å². The number of hydrogen-bond donors (Lipinski definition) is 1. The highest BCUT2D eigenvalue weighted by atomic mass is 16.5. The number of hydrogen-bond acceptors (Lipinski definition) is 5. The second-order valence-corrected chi connectivity index (χ2v) is 7.41. The molecule has 1 aromatic heterocycles. The van der Waals surface area contributed by atoms with Gasteiger partial charge in [0.15, 0.2) is 6.61 Å². The SMILES string of the molecule is Cc1ccc(Cn2nc(C)c(/C=C/C(=O)OCC(=O)NC(=O)c3ccccc3)c2C)cc1. The van der Waals surface area contributed by atoms with Crippen LogP contribution in [0.1, 0.15) is 38.4 Å². The number of amides is 2. The van der Waals surface area contributed by atoms with Crippen LogP contribution in [-0.2, 0) is 20.9 Å². The summed E-state index contributed by atoms with van der Waals surface area (Å²) in [6.45, 7) is 5.92. The van der Waals surface area contributed by atoms with Gasteiger partial charge in [-0.1, -0.05) is 48.0 Å². The molecule has 0 radical (unpaired) electrons. The van der Waals surface area contributed by atoms with Crippen molar-refractivity contribution in [2.24, 2.45) is 0 Å². The zero-order valence-corrected chi connectivity index (χ0v) is 18.3. The highest BCUT2D eigenvalue weighted by Crippen LogP contribution is 2.17. The molecule has 0 aliphatic rings. The molecule has 32 heavy (non-hydrogen) atoms. The molecule has 0 bridgehead atoms. The van der Waals surface area contributed by atoms with Crippen LogP contribution in [0.2, 0.25) is 0 Å². The van der Waals surface area contributed by atoms with Crippen LogP contribution in [0.3, 0.4) is 0 Å². The number of aromatic nitrogens is 2. The van der Waals surface area contributed by atoms with E-state index in [0.717, 1.165) is 22.5 Å². The molecular weight excluding hydrogens is 406 g/mol. The number of benzene rings is 2. The number of carbonyl (C=O) groups is 3. The lowest BCUT2D eigenvalue weighted by Gasteiger charge is -2.05. The number of nitrogens with one attached hydrogen (secondary N) is 1. The predicted octanol–water partition coefficient (Wildman–Crippen LogP) is 3.37. The van der Waals surface area contributed by atoms with Gasteiger partial charge in [-0.2, -0.15) is 5.10 Å². The van der Waals surface area contributed by atoms with E-state index in [1.54, 1.807) is 36.4 Å². The Morgan fingerprint density at radius 1 is 1.00 bits per heavy atom. The average molecular weight is 431 g/mol. The summed E-state index contributed by atoms with van der Waals surface area (Å²) in [6, 6.07) is 16.6. The Hall–Kier alpha value is -4.00. The Labute approximate surface area is 186 Å². The number of esters is 1. The van der Waals surface area contributed by atoms with E-state index in [9.17, 15) is 14.4 Å². The summed E-state index contributed by atoms with van der Waals surface area (Å²) < 4.78 is 6.82. The van der Waals surface area contributed by atoms with Crippen LogP contribution in [0.15, 0.2) is 60.7 Å². The van der Waals surface area contributed by atoms with E-state index in [0.29, 0.717) is 12.1 Å². The normalized spacial score (nSPS) is 10.8. The summed E-state index contributed by atoms with van der Waals surface area (Å²) in [5.74, 6) is -1.93. The van der Waals surface area contributed by atoms with Crippen LogP contribution >= 0.6 is 0 Å². The topological polar surface area (TPSA) is 90.3 Å². The van der Waals surface area contributed by atoms with Crippen LogP contribution in [0.5, 0.6) is 0 Å². The molecule has 0 spiro atoms. The van der Waals surface area contributed by atoms with E-state index in [1.807, 2.05) is 25.5 Å². The molecule has 0 fully saturated rings. The molecule has 3 aromatic rings. The second-order valence-electron chi connectivity index (χ2n) is 7.41. The van der Waals surface area contributed by atoms with Crippen LogP contribution in [0.25, 0.3) is 6.08 Å². The van der Waals surface area contributed by atoms with Gasteiger partial charge in [-0.3, -0.25) is 19.6 Å². The minimum absolute atomic E-state index is 0.348. The summed E-state index contributed by atoms with van der Waals surface area (Å²) in [7, 11) is 0. The molecule has 2 aromatic carbocycles. The quantitative estimate of drug-likeness (QED) is 0.458. The summed E-state index contributed by atoms with van der Waals surface area (Å²) >= 11 is 0. The van der Waals surface area contributed by atoms with E-state index < -0.39 is 24.4 Å². The van der Waals surface area contributed by atoms with Gasteiger partial charge in [0.25, 0.3) is 11.8 Å². The maximum atomic E-state index is 12.0. The van der Waals surface area contributed by atoms with Crippen molar-refractivity contribution in [3.05, 3.63) is 94.3 Å². The Bertz CT molecular complexity index is 1150.